The Hall–Kier alpha value is -1.42. The van der Waals surface area contributed by atoms with E-state index in [0.717, 1.165) is 12.2 Å². The minimum absolute atomic E-state index is 0.0425. The van der Waals surface area contributed by atoms with E-state index < -0.39 is 11.9 Å². The average molecular weight is 170 g/mol. The van der Waals surface area contributed by atoms with E-state index in [4.69, 9.17) is 5.11 Å². The van der Waals surface area contributed by atoms with Crippen molar-refractivity contribution in [1.82, 2.24) is 0 Å². The molecule has 0 rings (SSSR count). The Labute approximate surface area is 70.1 Å². The summed E-state index contributed by atoms with van der Waals surface area (Å²) in [7, 11) is 0. The number of hydrogen-bond acceptors (Lipinski definition) is 4. The van der Waals surface area contributed by atoms with Crippen LogP contribution in [0.15, 0.2) is 24.8 Å². The van der Waals surface area contributed by atoms with Crippen molar-refractivity contribution in [2.45, 2.75) is 6.42 Å². The van der Waals surface area contributed by atoms with E-state index in [-0.39, 0.29) is 6.61 Å². The highest BCUT2D eigenvalue weighted by Gasteiger charge is 2.00. The minimum atomic E-state index is -0.784. The molecule has 4 heteroatoms. The summed E-state index contributed by atoms with van der Waals surface area (Å²) in [6, 6.07) is 0. The summed E-state index contributed by atoms with van der Waals surface area (Å²) in [6.07, 6.45) is 3.76. The van der Waals surface area contributed by atoms with Gasteiger partial charge in [0.2, 0.25) is 0 Å². The summed E-state index contributed by atoms with van der Waals surface area (Å²) in [5.41, 5.74) is 0. The summed E-state index contributed by atoms with van der Waals surface area (Å²) in [6.45, 7) is 3.08. The van der Waals surface area contributed by atoms with Crippen molar-refractivity contribution in [3.63, 3.8) is 0 Å². The molecule has 0 bridgehead atoms. The first-order valence-electron chi connectivity index (χ1n) is 3.36. The highest BCUT2D eigenvalue weighted by atomic mass is 16.6. The van der Waals surface area contributed by atoms with E-state index >= 15 is 0 Å². The molecule has 0 aromatic rings. The van der Waals surface area contributed by atoms with Crippen LogP contribution in [0, 0.1) is 0 Å². The fourth-order valence-corrected chi connectivity index (χ4v) is 0.429. The molecule has 12 heavy (non-hydrogen) atoms. The number of esters is 2. The van der Waals surface area contributed by atoms with Gasteiger partial charge in [-0.15, -0.1) is 0 Å². The summed E-state index contributed by atoms with van der Waals surface area (Å²) in [4.78, 5) is 21.0. The molecule has 66 valence electrons. The molecule has 4 nitrogen and oxygen atoms in total. The zero-order chi connectivity index (χ0) is 9.40. The SMILES string of the molecule is C=CC(=O)OC(=O)C=CCCO. The van der Waals surface area contributed by atoms with Gasteiger partial charge < -0.3 is 9.84 Å². The third-order valence-electron chi connectivity index (χ3n) is 0.918. The van der Waals surface area contributed by atoms with Gasteiger partial charge in [0.25, 0.3) is 0 Å². The van der Waals surface area contributed by atoms with E-state index in [1.54, 1.807) is 0 Å². The van der Waals surface area contributed by atoms with Gasteiger partial charge in [-0.25, -0.2) is 9.59 Å². The highest BCUT2D eigenvalue weighted by Crippen LogP contribution is 1.86. The normalized spacial score (nSPS) is 9.75. The predicted molar refractivity (Wildman–Crippen MR) is 42.1 cm³/mol. The van der Waals surface area contributed by atoms with Crippen LogP contribution in [0.5, 0.6) is 0 Å². The fourth-order valence-electron chi connectivity index (χ4n) is 0.429. The van der Waals surface area contributed by atoms with Crippen molar-refractivity contribution in [2.24, 2.45) is 0 Å². The Morgan fingerprint density at radius 2 is 2.08 bits per heavy atom. The van der Waals surface area contributed by atoms with Crippen molar-refractivity contribution in [2.75, 3.05) is 6.61 Å². The van der Waals surface area contributed by atoms with Crippen LogP contribution in [0.1, 0.15) is 6.42 Å². The van der Waals surface area contributed by atoms with Crippen molar-refractivity contribution >= 4 is 11.9 Å². The van der Waals surface area contributed by atoms with Crippen LogP contribution >= 0.6 is 0 Å². The average Bonchev–Trinajstić information content (AvgIpc) is 2.05. The maximum atomic E-state index is 10.6. The number of rotatable bonds is 4. The first kappa shape index (κ1) is 10.6. The number of hydrogen-bond donors (Lipinski definition) is 1. The van der Waals surface area contributed by atoms with Crippen LogP contribution in [0.2, 0.25) is 0 Å². The van der Waals surface area contributed by atoms with Gasteiger partial charge in [0.05, 0.1) is 0 Å². The summed E-state index contributed by atoms with van der Waals surface area (Å²) in [5.74, 6) is -1.54. The summed E-state index contributed by atoms with van der Waals surface area (Å²) < 4.78 is 4.18. The molecule has 0 aliphatic heterocycles. The van der Waals surface area contributed by atoms with Crippen LogP contribution in [0.4, 0.5) is 0 Å². The van der Waals surface area contributed by atoms with Gasteiger partial charge in [0.15, 0.2) is 0 Å². The predicted octanol–water partition coefficient (Wildman–Crippen LogP) is 0.181. The molecule has 0 atom stereocenters. The number of aliphatic hydroxyl groups is 1. The molecule has 0 fully saturated rings. The molecular weight excluding hydrogens is 160 g/mol. The fraction of sp³-hybridized carbons (Fsp3) is 0.250. The van der Waals surface area contributed by atoms with Crippen LogP contribution in [-0.4, -0.2) is 23.7 Å². The highest BCUT2D eigenvalue weighted by molar-refractivity contribution is 5.96. The van der Waals surface area contributed by atoms with E-state index in [1.807, 2.05) is 0 Å². The van der Waals surface area contributed by atoms with Crippen LogP contribution < -0.4 is 0 Å². The topological polar surface area (TPSA) is 63.6 Å². The van der Waals surface area contributed by atoms with E-state index in [9.17, 15) is 9.59 Å². The molecule has 0 aromatic carbocycles. The Morgan fingerprint density at radius 3 is 2.58 bits per heavy atom. The van der Waals surface area contributed by atoms with Gasteiger partial charge in [-0.05, 0) is 6.42 Å². The Morgan fingerprint density at radius 1 is 1.42 bits per heavy atom. The van der Waals surface area contributed by atoms with Gasteiger partial charge in [-0.2, -0.15) is 0 Å². The van der Waals surface area contributed by atoms with Crippen molar-refractivity contribution in [1.29, 1.82) is 0 Å². The molecule has 0 saturated carbocycles. The van der Waals surface area contributed by atoms with Gasteiger partial charge >= 0.3 is 11.9 Å². The van der Waals surface area contributed by atoms with Crippen LogP contribution in [0.25, 0.3) is 0 Å². The number of ether oxygens (including phenoxy) is 1. The lowest BCUT2D eigenvalue weighted by atomic mass is 10.4. The molecule has 0 heterocycles. The largest absolute Gasteiger partial charge is 0.396 e. The molecule has 0 saturated heterocycles. The van der Waals surface area contributed by atoms with Gasteiger partial charge in [0, 0.05) is 18.8 Å². The second-order valence-electron chi connectivity index (χ2n) is 1.86. The van der Waals surface area contributed by atoms with Gasteiger partial charge in [-0.3, -0.25) is 0 Å². The third kappa shape index (κ3) is 5.37. The smallest absolute Gasteiger partial charge is 0.338 e. The second kappa shape index (κ2) is 6.30. The summed E-state index contributed by atoms with van der Waals surface area (Å²) in [5, 5.41) is 8.32. The first-order chi connectivity index (χ1) is 5.70. The van der Waals surface area contributed by atoms with E-state index in [1.165, 1.54) is 6.08 Å². The molecule has 0 aliphatic rings. The lowest BCUT2D eigenvalue weighted by molar-refractivity contribution is -0.152. The van der Waals surface area contributed by atoms with Crippen molar-refractivity contribution in [3.05, 3.63) is 24.8 Å². The Balaban J connectivity index is 3.73. The molecule has 0 aliphatic carbocycles. The Kier molecular flexibility index (Phi) is 5.55. The van der Waals surface area contributed by atoms with Crippen LogP contribution in [0.3, 0.4) is 0 Å². The number of aliphatic hydroxyl groups excluding tert-OH is 1. The zero-order valence-electron chi connectivity index (χ0n) is 6.53. The second-order valence-corrected chi connectivity index (χ2v) is 1.86. The third-order valence-corrected chi connectivity index (χ3v) is 0.918. The van der Waals surface area contributed by atoms with Crippen molar-refractivity contribution in [3.8, 4) is 0 Å². The standard InChI is InChI=1S/C8H10O4/c1-2-7(10)12-8(11)5-3-4-6-9/h2-3,5,9H,1,4,6H2. The van der Waals surface area contributed by atoms with Crippen molar-refractivity contribution < 1.29 is 19.4 Å². The van der Waals surface area contributed by atoms with Gasteiger partial charge in [0.1, 0.15) is 0 Å². The van der Waals surface area contributed by atoms with Gasteiger partial charge in [-0.1, -0.05) is 12.7 Å². The van der Waals surface area contributed by atoms with Crippen LogP contribution in [-0.2, 0) is 14.3 Å². The summed E-state index contributed by atoms with van der Waals surface area (Å²) >= 11 is 0. The van der Waals surface area contributed by atoms with E-state index in [0.29, 0.717) is 6.42 Å². The zero-order valence-corrected chi connectivity index (χ0v) is 6.53. The maximum absolute atomic E-state index is 10.6. The number of carbonyl (C=O) groups excluding carboxylic acids is 2. The number of carbonyl (C=O) groups is 2. The molecule has 1 N–H and O–H groups in total. The minimum Gasteiger partial charge on any atom is -0.396 e. The molecule has 0 amide bonds. The lowest BCUT2D eigenvalue weighted by Gasteiger charge is -1.92. The molecular formula is C8H10O4. The maximum Gasteiger partial charge on any atom is 0.338 e. The molecule has 0 unspecified atom stereocenters. The molecule has 0 radical (unpaired) electrons. The first-order valence-corrected chi connectivity index (χ1v) is 3.36. The Bertz CT molecular complexity index is 205. The monoisotopic (exact) mass is 170 g/mol. The van der Waals surface area contributed by atoms with E-state index in [2.05, 4.69) is 11.3 Å². The quantitative estimate of drug-likeness (QED) is 0.371. The molecule has 0 aromatic heterocycles. The lowest BCUT2D eigenvalue weighted by Crippen LogP contribution is -2.06. The molecule has 0 spiro atoms.